The standard InChI is InChI=1S/C19H20IN3/c20-18-6-8-19(9-7-18)22-21-14-16-10-12-23(13-11-16)15-17-4-2-1-3-5-17/h1-10,14,22H,11-13,15H2/b21-14+. The molecule has 2 aromatic rings. The third-order valence-corrected chi connectivity index (χ3v) is 4.56. The maximum atomic E-state index is 4.34. The topological polar surface area (TPSA) is 27.6 Å². The van der Waals surface area contributed by atoms with Crippen LogP contribution in [0.15, 0.2) is 71.3 Å². The molecular formula is C19H20IN3. The average molecular weight is 417 g/mol. The first kappa shape index (κ1) is 16.2. The first-order valence-electron chi connectivity index (χ1n) is 7.79. The molecule has 3 rings (SSSR count). The van der Waals surface area contributed by atoms with Crippen LogP contribution >= 0.6 is 22.6 Å². The third kappa shape index (κ3) is 5.18. The van der Waals surface area contributed by atoms with Crippen molar-refractivity contribution < 1.29 is 0 Å². The van der Waals surface area contributed by atoms with Crippen molar-refractivity contribution in [2.45, 2.75) is 13.0 Å². The fourth-order valence-corrected chi connectivity index (χ4v) is 2.90. The molecule has 0 saturated heterocycles. The van der Waals surface area contributed by atoms with E-state index in [-0.39, 0.29) is 0 Å². The fourth-order valence-electron chi connectivity index (χ4n) is 2.54. The van der Waals surface area contributed by atoms with E-state index in [0.29, 0.717) is 0 Å². The lowest BCUT2D eigenvalue weighted by Gasteiger charge is -2.25. The van der Waals surface area contributed by atoms with Crippen molar-refractivity contribution in [2.24, 2.45) is 5.10 Å². The van der Waals surface area contributed by atoms with E-state index >= 15 is 0 Å². The summed E-state index contributed by atoms with van der Waals surface area (Å²) in [7, 11) is 0. The normalized spacial score (nSPS) is 15.6. The lowest BCUT2D eigenvalue weighted by molar-refractivity contribution is 0.288. The Kier molecular flexibility index (Phi) is 5.82. The maximum Gasteiger partial charge on any atom is 0.0562 e. The zero-order valence-electron chi connectivity index (χ0n) is 13.0. The summed E-state index contributed by atoms with van der Waals surface area (Å²) in [5, 5.41) is 4.34. The van der Waals surface area contributed by atoms with Crippen LogP contribution in [0.2, 0.25) is 0 Å². The molecule has 0 fully saturated rings. The van der Waals surface area contributed by atoms with Gasteiger partial charge in [-0.05, 0) is 64.4 Å². The molecule has 1 aliphatic rings. The van der Waals surface area contributed by atoms with Gasteiger partial charge in [0.25, 0.3) is 0 Å². The number of rotatable bonds is 5. The highest BCUT2D eigenvalue weighted by atomic mass is 127. The first-order valence-corrected chi connectivity index (χ1v) is 8.87. The van der Waals surface area contributed by atoms with Gasteiger partial charge in [0.1, 0.15) is 0 Å². The first-order chi connectivity index (χ1) is 11.3. The second-order valence-electron chi connectivity index (χ2n) is 5.63. The van der Waals surface area contributed by atoms with Crippen LogP contribution < -0.4 is 5.43 Å². The largest absolute Gasteiger partial charge is 0.295 e. The number of nitrogens with one attached hydrogen (secondary N) is 1. The summed E-state index contributed by atoms with van der Waals surface area (Å²) in [5.74, 6) is 0. The molecule has 3 nitrogen and oxygen atoms in total. The number of halogens is 1. The number of hydrogen-bond donors (Lipinski definition) is 1. The van der Waals surface area contributed by atoms with Gasteiger partial charge < -0.3 is 0 Å². The van der Waals surface area contributed by atoms with E-state index in [1.807, 2.05) is 18.3 Å². The Morgan fingerprint density at radius 2 is 1.87 bits per heavy atom. The number of benzene rings is 2. The molecule has 0 bridgehead atoms. The van der Waals surface area contributed by atoms with Crippen molar-refractivity contribution in [3.63, 3.8) is 0 Å². The molecule has 0 aromatic heterocycles. The van der Waals surface area contributed by atoms with Crippen LogP contribution in [-0.2, 0) is 6.54 Å². The molecule has 1 heterocycles. The second kappa shape index (κ2) is 8.26. The zero-order chi connectivity index (χ0) is 15.9. The number of hydrogen-bond acceptors (Lipinski definition) is 3. The molecule has 4 heteroatoms. The summed E-state index contributed by atoms with van der Waals surface area (Å²) in [4.78, 5) is 2.46. The Hall–Kier alpha value is -1.66. The van der Waals surface area contributed by atoms with Crippen molar-refractivity contribution in [3.8, 4) is 0 Å². The van der Waals surface area contributed by atoms with Crippen LogP contribution in [0.5, 0.6) is 0 Å². The van der Waals surface area contributed by atoms with Gasteiger partial charge in [-0.2, -0.15) is 5.10 Å². The summed E-state index contributed by atoms with van der Waals surface area (Å²) in [6.45, 7) is 3.08. The van der Waals surface area contributed by atoms with Crippen molar-refractivity contribution in [2.75, 3.05) is 18.5 Å². The van der Waals surface area contributed by atoms with Gasteiger partial charge in [0, 0.05) is 23.2 Å². The Balaban J connectivity index is 1.48. The van der Waals surface area contributed by atoms with E-state index < -0.39 is 0 Å². The third-order valence-electron chi connectivity index (χ3n) is 3.85. The van der Waals surface area contributed by atoms with Gasteiger partial charge >= 0.3 is 0 Å². The number of anilines is 1. The lowest BCUT2D eigenvalue weighted by atomic mass is 10.1. The second-order valence-corrected chi connectivity index (χ2v) is 6.87. The molecule has 118 valence electrons. The summed E-state index contributed by atoms with van der Waals surface area (Å²) in [5.41, 5.74) is 6.77. The smallest absolute Gasteiger partial charge is 0.0562 e. The van der Waals surface area contributed by atoms with Crippen LogP contribution in [0, 0.1) is 3.57 Å². The van der Waals surface area contributed by atoms with E-state index in [1.54, 1.807) is 0 Å². The maximum absolute atomic E-state index is 4.34. The highest BCUT2D eigenvalue weighted by Gasteiger charge is 2.10. The quantitative estimate of drug-likeness (QED) is 0.440. The van der Waals surface area contributed by atoms with Gasteiger partial charge in [-0.25, -0.2) is 0 Å². The van der Waals surface area contributed by atoms with Crippen LogP contribution in [0.1, 0.15) is 12.0 Å². The Morgan fingerprint density at radius 1 is 1.09 bits per heavy atom. The van der Waals surface area contributed by atoms with Crippen LogP contribution in [0.4, 0.5) is 5.69 Å². The van der Waals surface area contributed by atoms with E-state index in [2.05, 4.69) is 86.6 Å². The molecule has 0 spiro atoms. The molecule has 23 heavy (non-hydrogen) atoms. The molecule has 2 aromatic carbocycles. The molecule has 0 saturated carbocycles. The van der Waals surface area contributed by atoms with Crippen LogP contribution in [0.25, 0.3) is 0 Å². The Bertz CT molecular complexity index is 678. The van der Waals surface area contributed by atoms with Crippen LogP contribution in [0.3, 0.4) is 0 Å². The van der Waals surface area contributed by atoms with Crippen molar-refractivity contribution in [1.29, 1.82) is 0 Å². The van der Waals surface area contributed by atoms with Gasteiger partial charge in [-0.3, -0.25) is 10.3 Å². The summed E-state index contributed by atoms with van der Waals surface area (Å²) in [6, 6.07) is 18.9. The van der Waals surface area contributed by atoms with Crippen molar-refractivity contribution >= 4 is 34.5 Å². The van der Waals surface area contributed by atoms with E-state index in [0.717, 1.165) is 31.7 Å². The fraction of sp³-hybridized carbons (Fsp3) is 0.211. The van der Waals surface area contributed by atoms with Gasteiger partial charge in [0.15, 0.2) is 0 Å². The molecule has 1 N–H and O–H groups in total. The summed E-state index contributed by atoms with van der Waals surface area (Å²) >= 11 is 2.30. The molecule has 0 radical (unpaired) electrons. The van der Waals surface area contributed by atoms with Gasteiger partial charge in [-0.15, -0.1) is 0 Å². The zero-order valence-corrected chi connectivity index (χ0v) is 15.1. The predicted molar refractivity (Wildman–Crippen MR) is 106 cm³/mol. The van der Waals surface area contributed by atoms with Gasteiger partial charge in [0.2, 0.25) is 0 Å². The average Bonchev–Trinajstić information content (AvgIpc) is 2.59. The van der Waals surface area contributed by atoms with E-state index in [9.17, 15) is 0 Å². The highest BCUT2D eigenvalue weighted by Crippen LogP contribution is 2.14. The SMILES string of the molecule is Ic1ccc(N/N=C/C2=CCN(Cc3ccccc3)CC2)cc1. The lowest BCUT2D eigenvalue weighted by Crippen LogP contribution is -2.28. The minimum atomic E-state index is 0.986. The summed E-state index contributed by atoms with van der Waals surface area (Å²) in [6.07, 6.45) is 5.26. The van der Waals surface area contributed by atoms with E-state index in [4.69, 9.17) is 0 Å². The minimum absolute atomic E-state index is 0.986. The number of hydrazone groups is 1. The molecule has 1 aliphatic heterocycles. The molecule has 0 amide bonds. The monoisotopic (exact) mass is 417 g/mol. The molecule has 0 aliphatic carbocycles. The number of nitrogens with zero attached hydrogens (tertiary/aromatic N) is 2. The van der Waals surface area contributed by atoms with Crippen molar-refractivity contribution in [1.82, 2.24) is 4.90 Å². The molecular weight excluding hydrogens is 397 g/mol. The molecule has 0 atom stereocenters. The minimum Gasteiger partial charge on any atom is -0.295 e. The van der Waals surface area contributed by atoms with Crippen molar-refractivity contribution in [3.05, 3.63) is 75.4 Å². The van der Waals surface area contributed by atoms with Gasteiger partial charge in [-0.1, -0.05) is 36.4 Å². The Morgan fingerprint density at radius 3 is 2.57 bits per heavy atom. The molecule has 0 unspecified atom stereocenters. The summed E-state index contributed by atoms with van der Waals surface area (Å²) < 4.78 is 1.23. The van der Waals surface area contributed by atoms with E-state index in [1.165, 1.54) is 14.7 Å². The van der Waals surface area contributed by atoms with Crippen LogP contribution in [-0.4, -0.2) is 24.2 Å². The highest BCUT2D eigenvalue weighted by molar-refractivity contribution is 14.1. The Labute approximate surface area is 151 Å². The van der Waals surface area contributed by atoms with Gasteiger partial charge in [0.05, 0.1) is 11.9 Å². The predicted octanol–water partition coefficient (Wildman–Crippen LogP) is 4.52.